The van der Waals surface area contributed by atoms with E-state index in [1.807, 2.05) is 0 Å². The Morgan fingerprint density at radius 2 is 1.45 bits per heavy atom. The van der Waals surface area contributed by atoms with Crippen LogP contribution in [0.15, 0.2) is 53.4 Å². The molecule has 0 aromatic heterocycles. The number of esters is 1. The van der Waals surface area contributed by atoms with Crippen LogP contribution in [0.3, 0.4) is 0 Å². The van der Waals surface area contributed by atoms with Crippen LogP contribution in [-0.4, -0.2) is 31.8 Å². The van der Waals surface area contributed by atoms with Crippen molar-refractivity contribution in [1.82, 2.24) is 4.31 Å². The first kappa shape index (κ1) is 24.7. The second-order valence-corrected chi connectivity index (χ2v) is 8.24. The van der Waals surface area contributed by atoms with Crippen LogP contribution in [0.2, 0.25) is 0 Å². The lowest BCUT2D eigenvalue weighted by Crippen LogP contribution is -2.36. The fraction of sp³-hybridized carbons (Fsp3) is 0.316. The lowest BCUT2D eigenvalue weighted by Gasteiger charge is -2.23. The molecular formula is C19H17F6NO4S. The molecule has 0 saturated heterocycles. The average Bonchev–Trinajstić information content (AvgIpc) is 2.66. The first-order valence-corrected chi connectivity index (χ1v) is 10.2. The van der Waals surface area contributed by atoms with E-state index >= 15 is 0 Å². The third kappa shape index (κ3) is 6.44. The molecule has 0 atom stereocenters. The van der Waals surface area contributed by atoms with Crippen LogP contribution in [-0.2, 0) is 38.5 Å². The SMILES string of the molecule is CCOC(=O)CN(Cc1ccccc1)S(=O)(=O)c1cc(C(F)(F)F)cc(C(F)(F)F)c1. The van der Waals surface area contributed by atoms with Crippen molar-refractivity contribution in [2.75, 3.05) is 13.2 Å². The van der Waals surface area contributed by atoms with Gasteiger partial charge in [-0.15, -0.1) is 0 Å². The molecule has 0 spiro atoms. The fourth-order valence-corrected chi connectivity index (χ4v) is 4.03. The zero-order chi connectivity index (χ0) is 23.4. The number of halogens is 6. The molecule has 0 heterocycles. The molecule has 0 aliphatic carbocycles. The molecule has 0 bridgehead atoms. The van der Waals surface area contributed by atoms with Gasteiger partial charge in [-0.25, -0.2) is 8.42 Å². The van der Waals surface area contributed by atoms with Crippen LogP contribution in [0.1, 0.15) is 23.6 Å². The summed E-state index contributed by atoms with van der Waals surface area (Å²) in [4.78, 5) is 10.6. The maximum absolute atomic E-state index is 13.1. The number of alkyl halides is 6. The van der Waals surface area contributed by atoms with Gasteiger partial charge in [0.05, 0.1) is 22.6 Å². The smallest absolute Gasteiger partial charge is 0.416 e. The molecule has 0 amide bonds. The zero-order valence-corrected chi connectivity index (χ0v) is 16.8. The van der Waals surface area contributed by atoms with Gasteiger partial charge in [-0.1, -0.05) is 30.3 Å². The highest BCUT2D eigenvalue weighted by Crippen LogP contribution is 2.38. The molecular weight excluding hydrogens is 452 g/mol. The molecule has 0 radical (unpaired) electrons. The van der Waals surface area contributed by atoms with Gasteiger partial charge in [0.15, 0.2) is 0 Å². The molecule has 31 heavy (non-hydrogen) atoms. The Morgan fingerprint density at radius 3 is 1.90 bits per heavy atom. The normalized spacial score (nSPS) is 12.8. The monoisotopic (exact) mass is 469 g/mol. The van der Waals surface area contributed by atoms with Crippen molar-refractivity contribution in [2.45, 2.75) is 30.7 Å². The Bertz CT molecular complexity index is 988. The van der Waals surface area contributed by atoms with Gasteiger partial charge < -0.3 is 4.74 Å². The summed E-state index contributed by atoms with van der Waals surface area (Å²) in [6, 6.07) is 7.73. The summed E-state index contributed by atoms with van der Waals surface area (Å²) in [7, 11) is -4.95. The van der Waals surface area contributed by atoms with E-state index in [0.717, 1.165) is 0 Å². The van der Waals surface area contributed by atoms with E-state index in [4.69, 9.17) is 4.74 Å². The van der Waals surface area contributed by atoms with Crippen molar-refractivity contribution in [3.05, 3.63) is 65.2 Å². The molecule has 0 aliphatic heterocycles. The van der Waals surface area contributed by atoms with E-state index in [2.05, 4.69) is 0 Å². The molecule has 0 unspecified atom stereocenters. The number of sulfonamides is 1. The van der Waals surface area contributed by atoms with E-state index in [0.29, 0.717) is 9.87 Å². The first-order chi connectivity index (χ1) is 14.2. The van der Waals surface area contributed by atoms with Crippen molar-refractivity contribution < 1.29 is 44.3 Å². The van der Waals surface area contributed by atoms with Crippen molar-refractivity contribution >= 4 is 16.0 Å². The van der Waals surface area contributed by atoms with E-state index in [1.54, 1.807) is 18.2 Å². The highest BCUT2D eigenvalue weighted by molar-refractivity contribution is 7.89. The first-order valence-electron chi connectivity index (χ1n) is 8.74. The molecule has 0 N–H and O–H groups in total. The number of benzene rings is 2. The van der Waals surface area contributed by atoms with Gasteiger partial charge in [0.1, 0.15) is 6.54 Å². The topological polar surface area (TPSA) is 63.7 Å². The summed E-state index contributed by atoms with van der Waals surface area (Å²) < 4.78 is 110. The third-order valence-electron chi connectivity index (χ3n) is 4.01. The molecule has 0 saturated carbocycles. The Kier molecular flexibility index (Phi) is 7.37. The van der Waals surface area contributed by atoms with E-state index in [1.165, 1.54) is 19.1 Å². The number of carbonyl (C=O) groups is 1. The van der Waals surface area contributed by atoms with Gasteiger partial charge in [-0.3, -0.25) is 4.79 Å². The third-order valence-corrected chi connectivity index (χ3v) is 5.78. The quantitative estimate of drug-likeness (QED) is 0.443. The lowest BCUT2D eigenvalue weighted by molar-refractivity contribution is -0.144. The van der Waals surface area contributed by atoms with Gasteiger partial charge in [0.25, 0.3) is 0 Å². The van der Waals surface area contributed by atoms with Crippen molar-refractivity contribution in [3.63, 3.8) is 0 Å². The van der Waals surface area contributed by atoms with Gasteiger partial charge in [-0.05, 0) is 30.7 Å². The van der Waals surface area contributed by atoms with E-state index < -0.39 is 57.5 Å². The number of hydrogen-bond acceptors (Lipinski definition) is 4. The number of nitrogens with zero attached hydrogens (tertiary/aromatic N) is 1. The van der Waals surface area contributed by atoms with Crippen molar-refractivity contribution in [3.8, 4) is 0 Å². The highest BCUT2D eigenvalue weighted by atomic mass is 32.2. The molecule has 2 aromatic carbocycles. The van der Waals surface area contributed by atoms with Crippen molar-refractivity contribution in [2.24, 2.45) is 0 Å². The summed E-state index contributed by atoms with van der Waals surface area (Å²) in [5, 5.41) is 0. The van der Waals surface area contributed by atoms with E-state index in [9.17, 15) is 39.6 Å². The standard InChI is InChI=1S/C19H17F6NO4S/c1-2-30-17(27)12-26(11-13-6-4-3-5-7-13)31(28,29)16-9-14(18(20,21)22)8-15(10-16)19(23,24)25/h3-10H,2,11-12H2,1H3. The number of carbonyl (C=O) groups excluding carboxylic acids is 1. The van der Waals surface area contributed by atoms with Gasteiger partial charge >= 0.3 is 18.3 Å². The highest BCUT2D eigenvalue weighted by Gasteiger charge is 2.39. The van der Waals surface area contributed by atoms with Crippen LogP contribution >= 0.6 is 0 Å². The molecule has 0 fully saturated rings. The molecule has 2 rings (SSSR count). The molecule has 2 aromatic rings. The Morgan fingerprint density at radius 1 is 0.935 bits per heavy atom. The lowest BCUT2D eigenvalue weighted by atomic mass is 10.1. The molecule has 5 nitrogen and oxygen atoms in total. The number of rotatable bonds is 7. The predicted molar refractivity (Wildman–Crippen MR) is 97.1 cm³/mol. The minimum atomic E-state index is -5.23. The predicted octanol–water partition coefficient (Wildman–Crippen LogP) is 4.48. The summed E-state index contributed by atoms with van der Waals surface area (Å²) >= 11 is 0. The molecule has 12 heteroatoms. The van der Waals surface area contributed by atoms with Crippen LogP contribution in [0.25, 0.3) is 0 Å². The zero-order valence-electron chi connectivity index (χ0n) is 16.0. The van der Waals surface area contributed by atoms with E-state index in [-0.39, 0.29) is 24.8 Å². The Labute approximate surface area is 174 Å². The van der Waals surface area contributed by atoms with Gasteiger partial charge in [0, 0.05) is 6.54 Å². The summed E-state index contributed by atoms with van der Waals surface area (Å²) in [6.45, 7) is -0.0154. The second-order valence-electron chi connectivity index (χ2n) is 6.31. The summed E-state index contributed by atoms with van der Waals surface area (Å²) in [5.74, 6) is -1.01. The number of hydrogen-bond donors (Lipinski definition) is 0. The van der Waals surface area contributed by atoms with Crippen LogP contribution in [0, 0.1) is 0 Å². The fourth-order valence-electron chi connectivity index (χ4n) is 2.59. The second kappa shape index (κ2) is 9.27. The van der Waals surface area contributed by atoms with Crippen LogP contribution in [0.5, 0.6) is 0 Å². The van der Waals surface area contributed by atoms with Crippen LogP contribution < -0.4 is 0 Å². The number of ether oxygens (including phenoxy) is 1. The average molecular weight is 469 g/mol. The Hall–Kier alpha value is -2.60. The minimum Gasteiger partial charge on any atom is -0.465 e. The maximum atomic E-state index is 13.1. The van der Waals surface area contributed by atoms with Crippen molar-refractivity contribution in [1.29, 1.82) is 0 Å². The van der Waals surface area contributed by atoms with Gasteiger partial charge in [-0.2, -0.15) is 30.6 Å². The largest absolute Gasteiger partial charge is 0.465 e. The van der Waals surface area contributed by atoms with Gasteiger partial charge in [0.2, 0.25) is 10.0 Å². The summed E-state index contributed by atoms with van der Waals surface area (Å²) in [6.07, 6.45) is -10.5. The molecule has 0 aliphatic rings. The summed E-state index contributed by atoms with van der Waals surface area (Å²) in [5.41, 5.74) is -3.20. The molecule has 170 valence electrons. The maximum Gasteiger partial charge on any atom is 0.416 e. The minimum absolute atomic E-state index is 0.0974. The van der Waals surface area contributed by atoms with Crippen LogP contribution in [0.4, 0.5) is 26.3 Å². The Balaban J connectivity index is 2.60.